The predicted molar refractivity (Wildman–Crippen MR) is 55.4 cm³/mol. The van der Waals surface area contributed by atoms with Gasteiger partial charge in [-0.25, -0.2) is 0 Å². The van der Waals surface area contributed by atoms with Crippen molar-refractivity contribution in [2.45, 2.75) is 25.7 Å². The molecule has 0 aliphatic carbocycles. The first-order chi connectivity index (χ1) is 7.03. The summed E-state index contributed by atoms with van der Waals surface area (Å²) in [5.41, 5.74) is 0. The number of rotatable bonds is 2. The minimum atomic E-state index is -3.46. The van der Waals surface area contributed by atoms with Gasteiger partial charge in [0.15, 0.2) is 0 Å². The van der Waals surface area contributed by atoms with Crippen molar-refractivity contribution in [3.8, 4) is 0 Å². The summed E-state index contributed by atoms with van der Waals surface area (Å²) in [6.07, 6.45) is 2.08. The summed E-state index contributed by atoms with van der Waals surface area (Å²) >= 11 is 5.90. The van der Waals surface area contributed by atoms with E-state index in [0.717, 1.165) is 9.34 Å². The molecule has 2 rings (SSSR count). The van der Waals surface area contributed by atoms with Gasteiger partial charge in [0.25, 0.3) is 0 Å². The molecule has 15 heavy (non-hydrogen) atoms. The Balaban J connectivity index is 2.22. The molecule has 7 heteroatoms. The number of hydrogen-bond donors (Lipinski definition) is 0. The van der Waals surface area contributed by atoms with E-state index in [0.29, 0.717) is 38.8 Å². The molecule has 0 saturated carbocycles. The van der Waals surface area contributed by atoms with E-state index in [1.165, 1.54) is 0 Å². The highest BCUT2D eigenvalue weighted by Crippen LogP contribution is 2.60. The third-order valence-corrected chi connectivity index (χ3v) is 5.82. The van der Waals surface area contributed by atoms with Crippen molar-refractivity contribution in [3.05, 3.63) is 0 Å². The molecule has 5 nitrogen and oxygen atoms in total. The maximum Gasteiger partial charge on any atom is 0.357 e. The third-order valence-electron chi connectivity index (χ3n) is 2.69. The molecule has 2 heterocycles. The Labute approximate surface area is 92.6 Å². The van der Waals surface area contributed by atoms with E-state index in [9.17, 15) is 14.2 Å². The lowest BCUT2D eigenvalue weighted by Crippen LogP contribution is -2.30. The van der Waals surface area contributed by atoms with Crippen molar-refractivity contribution in [2.75, 3.05) is 13.1 Å². The van der Waals surface area contributed by atoms with Crippen LogP contribution in [-0.4, -0.2) is 34.2 Å². The van der Waals surface area contributed by atoms with E-state index in [-0.39, 0.29) is 11.8 Å². The Kier molecular flexibility index (Phi) is 2.77. The molecule has 2 fully saturated rings. The standard InChI is InChI=1S/C8H12ClN2O3P/c9-15(14,10-5-1-3-7(10)12)11-6-2-4-8(11)13/h1-6H2. The van der Waals surface area contributed by atoms with Crippen LogP contribution in [0.3, 0.4) is 0 Å². The Hall–Kier alpha value is -0.540. The van der Waals surface area contributed by atoms with Gasteiger partial charge in [-0.15, -0.1) is 0 Å². The maximum atomic E-state index is 12.2. The minimum Gasteiger partial charge on any atom is -0.274 e. The summed E-state index contributed by atoms with van der Waals surface area (Å²) in [6.45, 7) is -2.68. The highest BCUT2D eigenvalue weighted by Gasteiger charge is 2.44. The van der Waals surface area contributed by atoms with Crippen LogP contribution in [0.1, 0.15) is 25.7 Å². The highest BCUT2D eigenvalue weighted by atomic mass is 35.7. The maximum absolute atomic E-state index is 12.2. The molecule has 2 aliphatic rings. The summed E-state index contributed by atoms with van der Waals surface area (Å²) in [4.78, 5) is 22.8. The quantitative estimate of drug-likeness (QED) is 0.699. The first-order valence-electron chi connectivity index (χ1n) is 4.95. The number of nitrogens with zero attached hydrogens (tertiary/aromatic N) is 2. The Morgan fingerprint density at radius 3 is 1.67 bits per heavy atom. The van der Waals surface area contributed by atoms with Crippen LogP contribution in [0.4, 0.5) is 0 Å². The van der Waals surface area contributed by atoms with Crippen molar-refractivity contribution in [1.29, 1.82) is 0 Å². The van der Waals surface area contributed by atoms with E-state index >= 15 is 0 Å². The van der Waals surface area contributed by atoms with Crippen LogP contribution in [0.15, 0.2) is 0 Å². The molecule has 84 valence electrons. The van der Waals surface area contributed by atoms with E-state index < -0.39 is 6.80 Å². The van der Waals surface area contributed by atoms with Gasteiger partial charge in [0.2, 0.25) is 11.8 Å². The second kappa shape index (κ2) is 3.80. The molecule has 0 aromatic rings. The van der Waals surface area contributed by atoms with Gasteiger partial charge in [0.05, 0.1) is 0 Å². The zero-order valence-electron chi connectivity index (χ0n) is 8.19. The lowest BCUT2D eigenvalue weighted by molar-refractivity contribution is -0.125. The van der Waals surface area contributed by atoms with E-state index in [4.69, 9.17) is 11.2 Å². The lowest BCUT2D eigenvalue weighted by atomic mass is 10.4. The molecule has 0 unspecified atom stereocenters. The molecule has 0 atom stereocenters. The van der Waals surface area contributed by atoms with Crippen molar-refractivity contribution in [1.82, 2.24) is 9.34 Å². The van der Waals surface area contributed by atoms with Gasteiger partial charge in [0.1, 0.15) is 0 Å². The number of amides is 2. The first kappa shape index (κ1) is 11.0. The number of hydrogen-bond acceptors (Lipinski definition) is 3. The van der Waals surface area contributed by atoms with Crippen LogP contribution in [-0.2, 0) is 14.2 Å². The summed E-state index contributed by atoms with van der Waals surface area (Å²) in [5.74, 6) is -0.430. The zero-order chi connectivity index (χ0) is 11.1. The van der Waals surface area contributed by atoms with Gasteiger partial charge >= 0.3 is 6.80 Å². The molecule has 0 spiro atoms. The van der Waals surface area contributed by atoms with Crippen LogP contribution in [0.2, 0.25) is 0 Å². The van der Waals surface area contributed by atoms with Crippen LogP contribution < -0.4 is 0 Å². The summed E-state index contributed by atoms with van der Waals surface area (Å²) in [7, 11) is 0. The van der Waals surface area contributed by atoms with Crippen LogP contribution in [0, 0.1) is 0 Å². The average molecular weight is 251 g/mol. The molecule has 0 aromatic heterocycles. The molecule has 2 saturated heterocycles. The molecular weight excluding hydrogens is 239 g/mol. The third kappa shape index (κ3) is 1.79. The van der Waals surface area contributed by atoms with Crippen molar-refractivity contribution in [2.24, 2.45) is 0 Å². The van der Waals surface area contributed by atoms with Crippen molar-refractivity contribution < 1.29 is 14.2 Å². The van der Waals surface area contributed by atoms with Gasteiger partial charge < -0.3 is 0 Å². The molecule has 0 radical (unpaired) electrons. The van der Waals surface area contributed by atoms with E-state index in [2.05, 4.69) is 0 Å². The fourth-order valence-electron chi connectivity index (χ4n) is 1.92. The fraction of sp³-hybridized carbons (Fsp3) is 0.750. The molecule has 2 aliphatic heterocycles. The molecular formula is C8H12ClN2O3P. The van der Waals surface area contributed by atoms with E-state index in [1.807, 2.05) is 0 Å². The monoisotopic (exact) mass is 250 g/mol. The fourth-order valence-corrected chi connectivity index (χ4v) is 4.67. The van der Waals surface area contributed by atoms with Gasteiger partial charge in [-0.2, -0.15) is 0 Å². The second-order valence-electron chi connectivity index (χ2n) is 3.71. The van der Waals surface area contributed by atoms with Crippen LogP contribution >= 0.6 is 18.0 Å². The van der Waals surface area contributed by atoms with Gasteiger partial charge in [-0.3, -0.25) is 23.5 Å². The van der Waals surface area contributed by atoms with Gasteiger partial charge in [0, 0.05) is 25.9 Å². The molecule has 2 amide bonds. The predicted octanol–water partition coefficient (Wildman–Crippen LogP) is 1.58. The molecule has 0 N–H and O–H groups in total. The van der Waals surface area contributed by atoms with Crippen molar-refractivity contribution in [3.63, 3.8) is 0 Å². The van der Waals surface area contributed by atoms with E-state index in [1.54, 1.807) is 0 Å². The number of carbonyl (C=O) groups excluding carboxylic acids is 2. The Morgan fingerprint density at radius 1 is 1.00 bits per heavy atom. The first-order valence-corrected chi connectivity index (χ1v) is 7.46. The second-order valence-corrected chi connectivity index (χ2v) is 6.95. The lowest BCUT2D eigenvalue weighted by Gasteiger charge is -2.29. The smallest absolute Gasteiger partial charge is 0.274 e. The molecule has 0 bridgehead atoms. The average Bonchev–Trinajstić information content (AvgIpc) is 2.73. The topological polar surface area (TPSA) is 57.7 Å². The molecule has 0 aromatic carbocycles. The Morgan fingerprint density at radius 2 is 1.40 bits per heavy atom. The number of carbonyl (C=O) groups is 2. The number of halogens is 1. The summed E-state index contributed by atoms with van der Waals surface area (Å²) < 4.78 is 14.5. The summed E-state index contributed by atoms with van der Waals surface area (Å²) in [5, 5.41) is 0. The SMILES string of the molecule is O=C1CCCN1P(=O)(Cl)N1CCCC1=O. The van der Waals surface area contributed by atoms with Gasteiger partial charge in [-0.1, -0.05) is 0 Å². The normalized spacial score (nSPS) is 23.0. The van der Waals surface area contributed by atoms with Gasteiger partial charge in [-0.05, 0) is 24.1 Å². The largest absolute Gasteiger partial charge is 0.357 e. The van der Waals surface area contributed by atoms with Crippen molar-refractivity contribution >= 4 is 29.9 Å². The minimum absolute atomic E-state index is 0.215. The summed E-state index contributed by atoms with van der Waals surface area (Å²) in [6, 6.07) is 0. The Bertz CT molecular complexity index is 330. The highest BCUT2D eigenvalue weighted by molar-refractivity contribution is 7.86. The van der Waals surface area contributed by atoms with Crippen LogP contribution in [0.5, 0.6) is 0 Å². The zero-order valence-corrected chi connectivity index (χ0v) is 9.84. The van der Waals surface area contributed by atoms with Crippen LogP contribution in [0.25, 0.3) is 0 Å².